The van der Waals surface area contributed by atoms with E-state index < -0.39 is 16.1 Å². The molecule has 8 heteroatoms. The van der Waals surface area contributed by atoms with Crippen LogP contribution in [0.2, 0.25) is 39.3 Å². The van der Waals surface area contributed by atoms with Crippen molar-refractivity contribution in [3.8, 4) is 0 Å². The van der Waals surface area contributed by atoms with Crippen LogP contribution >= 0.6 is 0 Å². The predicted molar refractivity (Wildman–Crippen MR) is 88.4 cm³/mol. The Balaban J connectivity index is -0.000000569. The number of allylic oxidation sites excluding steroid dienone is 2. The number of hydrogen-bond donors (Lipinski definition) is 0. The van der Waals surface area contributed by atoms with Gasteiger partial charge < -0.3 is 4.74 Å². The number of carbonyl (C=O) groups is 1. The summed E-state index contributed by atoms with van der Waals surface area (Å²) in [6.07, 6.45) is 0. The zero-order valence-electron chi connectivity index (χ0n) is 14.8. The largest absolute Gasteiger partial charge is 0 e. The minimum absolute atomic E-state index is 0. The Morgan fingerprint density at radius 3 is 1.21 bits per heavy atom. The molecule has 1 fully saturated rings. The van der Waals surface area contributed by atoms with Crippen LogP contribution in [0, 0.1) is 20.0 Å². The summed E-state index contributed by atoms with van der Waals surface area (Å²) >= 11 is 0. The molecule has 0 spiro atoms. The van der Waals surface area contributed by atoms with Gasteiger partial charge >= 0.3 is 33.9 Å². The van der Waals surface area contributed by atoms with Gasteiger partial charge in [-0.3, -0.25) is 4.79 Å². The van der Waals surface area contributed by atoms with E-state index in [0.29, 0.717) is 19.0 Å². The van der Waals surface area contributed by atoms with Crippen molar-refractivity contribution >= 4 is 21.9 Å². The van der Waals surface area contributed by atoms with Gasteiger partial charge in [0.2, 0.25) is 0 Å². The van der Waals surface area contributed by atoms with Gasteiger partial charge in [0.25, 0.3) is 0 Å². The van der Waals surface area contributed by atoms with E-state index in [2.05, 4.69) is 59.2 Å². The van der Waals surface area contributed by atoms with Crippen LogP contribution in [-0.2, 0) is 40.6 Å². The molecule has 5 nitrogen and oxygen atoms in total. The van der Waals surface area contributed by atoms with Crippen molar-refractivity contribution in [3.05, 3.63) is 41.5 Å². The van der Waals surface area contributed by atoms with Crippen molar-refractivity contribution in [2.24, 2.45) is 0 Å². The van der Waals surface area contributed by atoms with E-state index in [4.69, 9.17) is 18.7 Å². The molecular weight excluding hydrogens is 384 g/mol. The van der Waals surface area contributed by atoms with Crippen LogP contribution < -0.4 is 0 Å². The van der Waals surface area contributed by atoms with Crippen LogP contribution in [0.4, 0.5) is 0 Å². The van der Waals surface area contributed by atoms with E-state index >= 15 is 0 Å². The molecule has 1 saturated heterocycles. The Hall–Kier alpha value is -0.717. The van der Waals surface area contributed by atoms with Crippen molar-refractivity contribution in [2.45, 2.75) is 39.3 Å². The molecular formula is C16H22FeO5Si2. The average molecular weight is 406 g/mol. The number of ketones is 1. The Bertz CT molecular complexity index is 518. The molecule has 0 saturated carbocycles. The maximum absolute atomic E-state index is 12.7. The van der Waals surface area contributed by atoms with E-state index in [1.165, 1.54) is 11.1 Å². The van der Waals surface area contributed by atoms with Crippen LogP contribution in [0.15, 0.2) is 21.5 Å². The molecule has 0 N–H and O–H groups in total. The summed E-state index contributed by atoms with van der Waals surface area (Å²) in [6.45, 7) is 28.4. The minimum Gasteiger partial charge on any atom is 0 e. The molecule has 0 amide bonds. The fourth-order valence-corrected chi connectivity index (χ4v) is 6.86. The summed E-state index contributed by atoms with van der Waals surface area (Å²) in [5.41, 5.74) is 2.51. The number of fused-ring (bicyclic) bond motifs is 1. The molecule has 24 heavy (non-hydrogen) atoms. The molecule has 1 aliphatic heterocycles. The smallest absolute Gasteiger partial charge is 0 e. The van der Waals surface area contributed by atoms with Crippen molar-refractivity contribution in [3.63, 3.8) is 0 Å². The van der Waals surface area contributed by atoms with E-state index in [1.54, 1.807) is 0 Å². The zero-order chi connectivity index (χ0) is 19.0. The molecule has 132 valence electrons. The Labute approximate surface area is 156 Å². The van der Waals surface area contributed by atoms with Crippen LogP contribution in [-0.4, -0.2) is 35.1 Å². The molecule has 2 rings (SSSR count). The third-order valence-electron chi connectivity index (χ3n) is 3.41. The first kappa shape index (κ1) is 28.1. The Morgan fingerprint density at radius 2 is 1.00 bits per heavy atom. The average Bonchev–Trinajstić information content (AvgIpc) is 3.01. The summed E-state index contributed by atoms with van der Waals surface area (Å²) in [6, 6.07) is 0. The number of rotatable bonds is 2. The standard InChI is InChI=1S/C13H22O2Si2.3CO.Fe/c1-16(2,3)12-9-7-15-8-10(9)13(11(12)14)17(4,5)6;3*1-2;/h7-8H2,1-6H3;;;;. The third-order valence-corrected chi connectivity index (χ3v) is 7.47. The topological polar surface area (TPSA) is 86.0 Å². The second kappa shape index (κ2) is 11.8. The summed E-state index contributed by atoms with van der Waals surface area (Å²) in [5.74, 6) is 0.372. The van der Waals surface area contributed by atoms with Gasteiger partial charge in [-0.2, -0.15) is 0 Å². The summed E-state index contributed by atoms with van der Waals surface area (Å²) in [4.78, 5) is 12.7. The first-order valence-corrected chi connectivity index (χ1v) is 13.9. The second-order valence-electron chi connectivity index (χ2n) is 7.03. The SMILES string of the molecule is C[Si](C)(C)C1=C2COCC2=C([Si](C)(C)C)C1=O.[C-]#[O+].[C-]#[O+].[C-]#[O+].[Fe]. The van der Waals surface area contributed by atoms with Crippen molar-refractivity contribution in [1.82, 2.24) is 0 Å². The monoisotopic (exact) mass is 406 g/mol. The number of Topliss-reactive ketones (excluding diaryl/α,β-unsaturated/α-hetero) is 1. The van der Waals surface area contributed by atoms with Crippen LogP contribution in [0.3, 0.4) is 0 Å². The van der Waals surface area contributed by atoms with Gasteiger partial charge in [-0.25, -0.2) is 0 Å². The Kier molecular flexibility index (Phi) is 13.8. The molecule has 0 bridgehead atoms. The van der Waals surface area contributed by atoms with Crippen LogP contribution in [0.25, 0.3) is 0 Å². The number of ether oxygens (including phenoxy) is 1. The van der Waals surface area contributed by atoms with Crippen molar-refractivity contribution in [1.29, 1.82) is 0 Å². The maximum atomic E-state index is 12.7. The molecule has 0 aromatic heterocycles. The fourth-order valence-electron chi connectivity index (χ4n) is 2.86. The van der Waals surface area contributed by atoms with Gasteiger partial charge in [0.05, 0.1) is 29.4 Å². The molecule has 0 aromatic rings. The third kappa shape index (κ3) is 6.30. The molecule has 0 aromatic carbocycles. The number of carbonyl (C=O) groups excluding carboxylic acids is 1. The van der Waals surface area contributed by atoms with Gasteiger partial charge in [0, 0.05) is 17.1 Å². The normalized spacial score (nSPS) is 15.6. The van der Waals surface area contributed by atoms with Gasteiger partial charge in [-0.1, -0.05) is 39.3 Å². The molecule has 0 unspecified atom stereocenters. The molecule has 1 heterocycles. The van der Waals surface area contributed by atoms with Gasteiger partial charge in [-0.15, -0.1) is 0 Å². The molecule has 0 radical (unpaired) electrons. The van der Waals surface area contributed by atoms with Crippen molar-refractivity contribution < 1.29 is 40.6 Å². The van der Waals surface area contributed by atoms with E-state index in [-0.39, 0.29) is 17.1 Å². The molecule has 0 atom stereocenters. The second-order valence-corrected chi connectivity index (χ2v) is 17.0. The quantitative estimate of drug-likeness (QED) is 0.401. The molecule has 2 aliphatic rings. The fraction of sp³-hybridized carbons (Fsp3) is 0.500. The summed E-state index contributed by atoms with van der Waals surface area (Å²) in [5, 5.41) is 2.28. The first-order valence-electron chi connectivity index (χ1n) is 6.85. The number of hydrogen-bond acceptors (Lipinski definition) is 2. The van der Waals surface area contributed by atoms with E-state index in [0.717, 1.165) is 10.4 Å². The van der Waals surface area contributed by atoms with Gasteiger partial charge in [-0.05, 0) is 21.5 Å². The van der Waals surface area contributed by atoms with Crippen molar-refractivity contribution in [2.75, 3.05) is 13.2 Å². The van der Waals surface area contributed by atoms with Gasteiger partial charge in [0.15, 0.2) is 5.78 Å². The van der Waals surface area contributed by atoms with E-state index in [9.17, 15) is 4.79 Å². The predicted octanol–water partition coefficient (Wildman–Crippen LogP) is 2.83. The molecule has 1 aliphatic carbocycles. The minimum atomic E-state index is -1.56. The Morgan fingerprint density at radius 1 is 0.750 bits per heavy atom. The summed E-state index contributed by atoms with van der Waals surface area (Å²) < 4.78 is 28.1. The van der Waals surface area contributed by atoms with Crippen LogP contribution in [0.5, 0.6) is 0 Å². The zero-order valence-corrected chi connectivity index (χ0v) is 17.9. The summed E-state index contributed by atoms with van der Waals surface area (Å²) in [7, 11) is -3.13. The van der Waals surface area contributed by atoms with Crippen LogP contribution in [0.1, 0.15) is 0 Å². The van der Waals surface area contributed by atoms with E-state index in [1.807, 2.05) is 0 Å². The first-order chi connectivity index (χ1) is 10.6. The maximum Gasteiger partial charge on any atom is 0 e. The van der Waals surface area contributed by atoms with Gasteiger partial charge in [0.1, 0.15) is 0 Å².